The van der Waals surface area contributed by atoms with Crippen molar-refractivity contribution in [3.8, 4) is 0 Å². The molecule has 0 aromatic carbocycles. The second kappa shape index (κ2) is 4.64. The van der Waals surface area contributed by atoms with E-state index in [2.05, 4.69) is 23.7 Å². The molecule has 86 valence electrons. The molecule has 0 radical (unpaired) electrons. The first-order valence-electron chi connectivity index (χ1n) is 5.96. The van der Waals surface area contributed by atoms with Crippen molar-refractivity contribution in [1.82, 2.24) is 4.98 Å². The van der Waals surface area contributed by atoms with E-state index in [0.29, 0.717) is 17.6 Å². The van der Waals surface area contributed by atoms with Crippen LogP contribution in [0.4, 0.5) is 5.82 Å². The van der Waals surface area contributed by atoms with Gasteiger partial charge < -0.3 is 4.90 Å². The zero-order valence-corrected chi connectivity index (χ0v) is 9.89. The summed E-state index contributed by atoms with van der Waals surface area (Å²) < 4.78 is 0. The van der Waals surface area contributed by atoms with Gasteiger partial charge in [0.15, 0.2) is 6.29 Å². The Balaban J connectivity index is 2.37. The number of rotatable bonds is 3. The van der Waals surface area contributed by atoms with Gasteiger partial charge in [-0.3, -0.25) is 4.79 Å². The number of aromatic nitrogens is 1. The van der Waals surface area contributed by atoms with Gasteiger partial charge in [0.05, 0.1) is 5.56 Å². The fourth-order valence-corrected chi connectivity index (χ4v) is 2.57. The van der Waals surface area contributed by atoms with Crippen LogP contribution in [0.3, 0.4) is 0 Å². The van der Waals surface area contributed by atoms with E-state index in [-0.39, 0.29) is 0 Å². The number of pyridine rings is 1. The Morgan fingerprint density at radius 3 is 3.06 bits per heavy atom. The average molecular weight is 218 g/mol. The molecule has 1 aromatic heterocycles. The second-order valence-corrected chi connectivity index (χ2v) is 4.43. The van der Waals surface area contributed by atoms with Crippen LogP contribution in [0.25, 0.3) is 0 Å². The van der Waals surface area contributed by atoms with Crippen molar-refractivity contribution in [2.45, 2.75) is 45.2 Å². The number of carbonyl (C=O) groups is 1. The minimum atomic E-state index is 0.485. The predicted octanol–water partition coefficient (Wildman–Crippen LogP) is 2.66. The Bertz CT molecular complexity index is 378. The molecule has 3 nitrogen and oxygen atoms in total. The molecule has 16 heavy (non-hydrogen) atoms. The highest BCUT2D eigenvalue weighted by Crippen LogP contribution is 2.31. The highest BCUT2D eigenvalue weighted by Gasteiger charge is 2.31. The van der Waals surface area contributed by atoms with Crippen LogP contribution in [0, 0.1) is 0 Å². The van der Waals surface area contributed by atoms with Gasteiger partial charge in [-0.25, -0.2) is 4.98 Å². The molecular formula is C13H18N2O. The Labute approximate surface area is 96.5 Å². The molecule has 0 bridgehead atoms. The monoisotopic (exact) mass is 218 g/mol. The molecule has 1 fully saturated rings. The topological polar surface area (TPSA) is 33.2 Å². The van der Waals surface area contributed by atoms with Crippen molar-refractivity contribution in [2.24, 2.45) is 0 Å². The summed E-state index contributed by atoms with van der Waals surface area (Å²) in [7, 11) is 0. The van der Waals surface area contributed by atoms with Crippen LogP contribution in [0.2, 0.25) is 0 Å². The van der Waals surface area contributed by atoms with Crippen LogP contribution in [0.1, 0.15) is 43.5 Å². The first-order chi connectivity index (χ1) is 7.77. The largest absolute Gasteiger partial charge is 0.350 e. The third-order valence-corrected chi connectivity index (χ3v) is 3.45. The lowest BCUT2D eigenvalue weighted by Gasteiger charge is -2.29. The quantitative estimate of drug-likeness (QED) is 0.731. The van der Waals surface area contributed by atoms with Crippen LogP contribution in [-0.4, -0.2) is 23.4 Å². The molecule has 1 aliphatic heterocycles. The molecule has 0 aliphatic carbocycles. The SMILES string of the molecule is CCC1CCC(C)N1c1ncccc1C=O. The standard InChI is InChI=1S/C13H18N2O/c1-3-12-7-6-10(2)15(12)13-11(9-16)5-4-8-14-13/h4-5,8-10,12H,3,6-7H2,1-2H3. The highest BCUT2D eigenvalue weighted by molar-refractivity contribution is 5.83. The molecule has 1 aromatic rings. The first kappa shape index (κ1) is 11.1. The zero-order valence-electron chi connectivity index (χ0n) is 9.89. The summed E-state index contributed by atoms with van der Waals surface area (Å²) in [6, 6.07) is 4.67. The zero-order chi connectivity index (χ0) is 11.5. The van der Waals surface area contributed by atoms with Gasteiger partial charge >= 0.3 is 0 Å². The molecule has 2 atom stereocenters. The Morgan fingerprint density at radius 2 is 2.38 bits per heavy atom. The number of hydrogen-bond acceptors (Lipinski definition) is 3. The summed E-state index contributed by atoms with van der Waals surface area (Å²) in [6.07, 6.45) is 6.17. The van der Waals surface area contributed by atoms with Crippen molar-refractivity contribution in [1.29, 1.82) is 0 Å². The van der Waals surface area contributed by atoms with E-state index >= 15 is 0 Å². The number of hydrogen-bond donors (Lipinski definition) is 0. The average Bonchev–Trinajstić information content (AvgIpc) is 2.70. The van der Waals surface area contributed by atoms with Crippen molar-refractivity contribution in [3.05, 3.63) is 23.9 Å². The van der Waals surface area contributed by atoms with Gasteiger partial charge in [0.1, 0.15) is 5.82 Å². The molecule has 2 rings (SSSR count). The number of carbonyl (C=O) groups excluding carboxylic acids is 1. The fourth-order valence-electron chi connectivity index (χ4n) is 2.57. The molecule has 0 amide bonds. The summed E-state index contributed by atoms with van der Waals surface area (Å²) in [5, 5.41) is 0. The third-order valence-electron chi connectivity index (χ3n) is 3.45. The number of anilines is 1. The smallest absolute Gasteiger partial charge is 0.153 e. The molecule has 0 spiro atoms. The molecule has 1 saturated heterocycles. The lowest BCUT2D eigenvalue weighted by molar-refractivity contribution is 0.112. The van der Waals surface area contributed by atoms with E-state index < -0.39 is 0 Å². The van der Waals surface area contributed by atoms with Crippen molar-refractivity contribution >= 4 is 12.1 Å². The van der Waals surface area contributed by atoms with Crippen LogP contribution in [-0.2, 0) is 0 Å². The summed E-state index contributed by atoms with van der Waals surface area (Å²) in [5.41, 5.74) is 0.703. The number of aldehydes is 1. The van der Waals surface area contributed by atoms with Crippen LogP contribution in [0.5, 0.6) is 0 Å². The Morgan fingerprint density at radius 1 is 1.56 bits per heavy atom. The minimum Gasteiger partial charge on any atom is -0.350 e. The molecule has 0 saturated carbocycles. The van der Waals surface area contributed by atoms with E-state index in [1.54, 1.807) is 6.20 Å². The van der Waals surface area contributed by atoms with Gasteiger partial charge in [-0.05, 0) is 38.3 Å². The molecule has 2 unspecified atom stereocenters. The molecule has 2 heterocycles. The van der Waals surface area contributed by atoms with Gasteiger partial charge in [-0.1, -0.05) is 6.92 Å². The van der Waals surface area contributed by atoms with Crippen molar-refractivity contribution < 1.29 is 4.79 Å². The maximum Gasteiger partial charge on any atom is 0.153 e. The maximum absolute atomic E-state index is 11.0. The van der Waals surface area contributed by atoms with E-state index in [0.717, 1.165) is 18.5 Å². The van der Waals surface area contributed by atoms with Crippen LogP contribution >= 0.6 is 0 Å². The van der Waals surface area contributed by atoms with Crippen LogP contribution in [0.15, 0.2) is 18.3 Å². The van der Waals surface area contributed by atoms with Crippen LogP contribution < -0.4 is 4.90 Å². The summed E-state index contributed by atoms with van der Waals surface area (Å²) in [5.74, 6) is 0.856. The van der Waals surface area contributed by atoms with E-state index in [4.69, 9.17) is 0 Å². The van der Waals surface area contributed by atoms with E-state index in [1.165, 1.54) is 12.8 Å². The lowest BCUT2D eigenvalue weighted by Crippen LogP contribution is -2.35. The first-order valence-corrected chi connectivity index (χ1v) is 5.96. The Hall–Kier alpha value is -1.38. The minimum absolute atomic E-state index is 0.485. The normalized spacial score (nSPS) is 24.8. The summed E-state index contributed by atoms with van der Waals surface area (Å²) in [4.78, 5) is 17.7. The molecule has 0 N–H and O–H groups in total. The van der Waals surface area contributed by atoms with Gasteiger partial charge in [-0.15, -0.1) is 0 Å². The van der Waals surface area contributed by atoms with E-state index in [9.17, 15) is 4.79 Å². The maximum atomic E-state index is 11.0. The third kappa shape index (κ3) is 1.82. The second-order valence-electron chi connectivity index (χ2n) is 4.43. The van der Waals surface area contributed by atoms with E-state index in [1.807, 2.05) is 12.1 Å². The molecular weight excluding hydrogens is 200 g/mol. The lowest BCUT2D eigenvalue weighted by atomic mass is 10.1. The Kier molecular flexibility index (Phi) is 3.22. The van der Waals surface area contributed by atoms with Crippen molar-refractivity contribution in [2.75, 3.05) is 4.90 Å². The van der Waals surface area contributed by atoms with Gasteiger partial charge in [-0.2, -0.15) is 0 Å². The number of nitrogens with zero attached hydrogens (tertiary/aromatic N) is 2. The van der Waals surface area contributed by atoms with Gasteiger partial charge in [0.25, 0.3) is 0 Å². The van der Waals surface area contributed by atoms with Crippen molar-refractivity contribution in [3.63, 3.8) is 0 Å². The predicted molar refractivity (Wildman–Crippen MR) is 64.9 cm³/mol. The summed E-state index contributed by atoms with van der Waals surface area (Å²) >= 11 is 0. The summed E-state index contributed by atoms with van der Waals surface area (Å²) in [6.45, 7) is 4.40. The highest BCUT2D eigenvalue weighted by atomic mass is 16.1. The molecule has 1 aliphatic rings. The van der Waals surface area contributed by atoms with Gasteiger partial charge in [0.2, 0.25) is 0 Å². The van der Waals surface area contributed by atoms with Gasteiger partial charge in [0, 0.05) is 18.3 Å². The molecule has 3 heteroatoms. The fraction of sp³-hybridized carbons (Fsp3) is 0.538.